The molecule has 59 heavy (non-hydrogen) atoms. The van der Waals surface area contributed by atoms with Crippen molar-refractivity contribution in [1.82, 2.24) is 9.44 Å². The normalized spacial score (nSPS) is 33.0. The highest BCUT2D eigenvalue weighted by atomic mass is 32.2. The molecule has 2 aromatic carbocycles. The molecule has 324 valence electrons. The number of nitrogens with two attached hydrogens (primary N) is 1. The fourth-order valence-electron chi connectivity index (χ4n) is 12.5. The second-order valence-electron chi connectivity index (χ2n) is 19.8. The Labute approximate surface area is 350 Å². The van der Waals surface area contributed by atoms with Crippen LogP contribution in [0.3, 0.4) is 0 Å². The number of nitrogens with one attached hydrogen (secondary N) is 2. The number of primary amides is 1. The maximum Gasteiger partial charge on any atom is 0.309 e. The molecule has 8 bridgehead atoms. The van der Waals surface area contributed by atoms with Gasteiger partial charge in [-0.25, -0.2) is 16.8 Å². The van der Waals surface area contributed by atoms with Crippen molar-refractivity contribution in [2.75, 3.05) is 0 Å². The molecule has 4 atom stereocenters. The van der Waals surface area contributed by atoms with Gasteiger partial charge in [0.05, 0.1) is 26.3 Å². The highest BCUT2D eigenvalue weighted by Gasteiger charge is 2.60. The lowest BCUT2D eigenvalue weighted by atomic mass is 9.45. The molecule has 0 spiro atoms. The molecule has 0 aromatic heterocycles. The summed E-state index contributed by atoms with van der Waals surface area (Å²) in [6, 6.07) is 16.2. The van der Waals surface area contributed by atoms with Gasteiger partial charge in [0.1, 0.15) is 0 Å². The summed E-state index contributed by atoms with van der Waals surface area (Å²) in [5.41, 5.74) is 2.37. The second-order valence-corrected chi connectivity index (χ2v) is 23.2. The summed E-state index contributed by atoms with van der Waals surface area (Å²) in [5.74, 6) is 1.45. The van der Waals surface area contributed by atoms with E-state index >= 15 is 0 Å². The molecule has 8 aliphatic carbocycles. The van der Waals surface area contributed by atoms with Crippen LogP contribution in [0.2, 0.25) is 0 Å². The Hall–Kier alpha value is -3.46. The molecular formula is C45H63N3O9S2. The number of carboxylic acids is 1. The number of hydrogen-bond donors (Lipinski definition) is 4. The SMILES string of the molecule is C.CC(C)(NS(=O)(=O)c1ccccc1)C(=O)CC1C2CC3CC1CC(C(=O)O)(C3)C2.CC(C)(NS(=O)(=O)c1ccccc1)C(=O)CC1C2CC3CC1CC(C(N)=O)(C3)C2. The Kier molecular flexibility index (Phi) is 12.3. The van der Waals surface area contributed by atoms with E-state index in [0.29, 0.717) is 49.4 Å². The van der Waals surface area contributed by atoms with Gasteiger partial charge in [-0.15, -0.1) is 0 Å². The lowest BCUT2D eigenvalue weighted by Crippen LogP contribution is -2.57. The van der Waals surface area contributed by atoms with Crippen LogP contribution in [0.1, 0.15) is 112 Å². The van der Waals surface area contributed by atoms with Gasteiger partial charge in [-0.3, -0.25) is 19.2 Å². The molecule has 10 rings (SSSR count). The van der Waals surface area contributed by atoms with E-state index in [1.807, 2.05) is 0 Å². The number of amides is 1. The number of sulfonamides is 2. The fraction of sp³-hybridized carbons (Fsp3) is 0.644. The molecule has 12 nitrogen and oxygen atoms in total. The summed E-state index contributed by atoms with van der Waals surface area (Å²) in [7, 11) is -7.57. The molecule has 0 aliphatic heterocycles. The summed E-state index contributed by atoms with van der Waals surface area (Å²) in [4.78, 5) is 50.6. The molecule has 2 aromatic rings. The first-order valence-corrected chi connectivity index (χ1v) is 23.8. The van der Waals surface area contributed by atoms with Crippen molar-refractivity contribution >= 4 is 43.5 Å². The van der Waals surface area contributed by atoms with Gasteiger partial charge in [0, 0.05) is 18.3 Å². The summed E-state index contributed by atoms with van der Waals surface area (Å²) in [5, 5.41) is 9.77. The van der Waals surface area contributed by atoms with Crippen LogP contribution < -0.4 is 15.2 Å². The van der Waals surface area contributed by atoms with Crippen molar-refractivity contribution in [2.24, 2.45) is 63.9 Å². The van der Waals surface area contributed by atoms with Crippen LogP contribution in [0.25, 0.3) is 0 Å². The average molecular weight is 854 g/mol. The number of Topliss-reactive ketones (excluding diaryl/α,β-unsaturated/α-hetero) is 2. The zero-order valence-electron chi connectivity index (χ0n) is 34.0. The molecule has 0 heterocycles. The number of carboxylic acid groups (broad SMARTS) is 1. The van der Waals surface area contributed by atoms with Gasteiger partial charge < -0.3 is 10.8 Å². The first-order chi connectivity index (χ1) is 27.0. The first-order valence-electron chi connectivity index (χ1n) is 20.8. The van der Waals surface area contributed by atoms with Gasteiger partial charge in [0.2, 0.25) is 26.0 Å². The minimum atomic E-state index is -3.79. The third-order valence-electron chi connectivity index (χ3n) is 15.0. The zero-order chi connectivity index (χ0) is 42.1. The van der Waals surface area contributed by atoms with Gasteiger partial charge in [-0.05, 0) is 164 Å². The van der Waals surface area contributed by atoms with Gasteiger partial charge in [0.15, 0.2) is 11.6 Å². The number of benzene rings is 2. The van der Waals surface area contributed by atoms with Crippen molar-refractivity contribution in [3.05, 3.63) is 60.7 Å². The third-order valence-corrected chi connectivity index (χ3v) is 18.4. The van der Waals surface area contributed by atoms with Crippen LogP contribution in [0.5, 0.6) is 0 Å². The van der Waals surface area contributed by atoms with E-state index < -0.39 is 42.5 Å². The molecule has 14 heteroatoms. The predicted octanol–water partition coefficient (Wildman–Crippen LogP) is 6.50. The van der Waals surface area contributed by atoms with E-state index in [-0.39, 0.29) is 63.8 Å². The second kappa shape index (κ2) is 16.1. The van der Waals surface area contributed by atoms with E-state index in [2.05, 4.69) is 9.44 Å². The van der Waals surface area contributed by atoms with Crippen LogP contribution in [0, 0.1) is 58.2 Å². The lowest BCUT2D eigenvalue weighted by molar-refractivity contribution is -0.171. The molecule has 0 saturated heterocycles. The van der Waals surface area contributed by atoms with Gasteiger partial charge in [-0.1, -0.05) is 43.8 Å². The molecule has 0 radical (unpaired) electrons. The molecule has 8 saturated carbocycles. The zero-order valence-corrected chi connectivity index (χ0v) is 35.6. The maximum absolute atomic E-state index is 13.2. The highest BCUT2D eigenvalue weighted by molar-refractivity contribution is 7.89. The Morgan fingerprint density at radius 1 is 0.610 bits per heavy atom. The van der Waals surface area contributed by atoms with Crippen LogP contribution in [-0.4, -0.2) is 56.5 Å². The third kappa shape index (κ3) is 8.84. The minimum absolute atomic E-state index is 0. The van der Waals surface area contributed by atoms with Gasteiger partial charge in [-0.2, -0.15) is 9.44 Å². The number of hydrogen-bond acceptors (Lipinski definition) is 8. The minimum Gasteiger partial charge on any atom is -0.481 e. The molecule has 5 N–H and O–H groups in total. The summed E-state index contributed by atoms with van der Waals surface area (Å²) >= 11 is 0. The van der Waals surface area contributed by atoms with E-state index in [1.165, 1.54) is 24.3 Å². The maximum atomic E-state index is 13.2. The molecule has 8 aliphatic rings. The standard InChI is InChI=1S/C22H30N2O4S.C22H29NO5S.CH4/c1-21(2,24-29(27,28)17-6-4-3-5-7-17)19(25)10-18-15-8-14-9-16(18)13-22(11-14,12-15)20(23)26;1-21(2,23-29(27,28)17-6-4-3-5-7-17)19(24)10-18-15-8-14-9-16(18)13-22(11-14,12-15)20(25)26;/h3-7,14-16,18,24H,8-13H2,1-2H3,(H2,23,26);3-7,14-16,18,23H,8-13H2,1-2H3,(H,25,26);1H4. The van der Waals surface area contributed by atoms with Crippen molar-refractivity contribution in [1.29, 1.82) is 0 Å². The Balaban J connectivity index is 0.000000195. The van der Waals surface area contributed by atoms with E-state index in [4.69, 9.17) is 5.73 Å². The summed E-state index contributed by atoms with van der Waals surface area (Å²) < 4.78 is 55.9. The van der Waals surface area contributed by atoms with Crippen molar-refractivity contribution in [3.8, 4) is 0 Å². The van der Waals surface area contributed by atoms with Crippen LogP contribution >= 0.6 is 0 Å². The van der Waals surface area contributed by atoms with Crippen molar-refractivity contribution in [3.63, 3.8) is 0 Å². The fourth-order valence-corrected chi connectivity index (χ4v) is 15.4. The van der Waals surface area contributed by atoms with Crippen molar-refractivity contribution in [2.45, 2.75) is 133 Å². The smallest absolute Gasteiger partial charge is 0.309 e. The summed E-state index contributed by atoms with van der Waals surface area (Å²) in [6.45, 7) is 6.50. The molecule has 1 amide bonds. The van der Waals surface area contributed by atoms with Crippen molar-refractivity contribution < 1.29 is 41.1 Å². The summed E-state index contributed by atoms with van der Waals surface area (Å²) in [6.07, 6.45) is 9.32. The first kappa shape index (κ1) is 45.1. The quantitative estimate of drug-likeness (QED) is 0.164. The number of rotatable bonds is 14. The van der Waals surface area contributed by atoms with Gasteiger partial charge >= 0.3 is 5.97 Å². The molecule has 4 unspecified atom stereocenters. The molecule has 8 fully saturated rings. The van der Waals surface area contributed by atoms with Crippen LogP contribution in [-0.2, 0) is 39.2 Å². The van der Waals surface area contributed by atoms with Gasteiger partial charge in [0.25, 0.3) is 0 Å². The van der Waals surface area contributed by atoms with Crippen LogP contribution in [0.4, 0.5) is 0 Å². The largest absolute Gasteiger partial charge is 0.481 e. The Morgan fingerprint density at radius 3 is 1.25 bits per heavy atom. The Morgan fingerprint density at radius 2 is 0.932 bits per heavy atom. The topological polar surface area (TPSA) is 207 Å². The average Bonchev–Trinajstić information content (AvgIpc) is 3.14. The number of carbonyl (C=O) groups excluding carboxylic acids is 3. The van der Waals surface area contributed by atoms with E-state index in [1.54, 1.807) is 64.1 Å². The van der Waals surface area contributed by atoms with E-state index in [0.717, 1.165) is 51.4 Å². The highest BCUT2D eigenvalue weighted by Crippen LogP contribution is 2.64. The van der Waals surface area contributed by atoms with E-state index in [9.17, 15) is 41.1 Å². The number of ketones is 2. The number of aliphatic carboxylic acids is 1. The number of carbonyl (C=O) groups is 4. The molecular weight excluding hydrogens is 791 g/mol. The Bertz CT molecular complexity index is 1970. The predicted molar refractivity (Wildman–Crippen MR) is 223 cm³/mol. The lowest BCUT2D eigenvalue weighted by Gasteiger charge is -2.59. The monoisotopic (exact) mass is 853 g/mol. The van der Waals surface area contributed by atoms with Crippen LogP contribution in [0.15, 0.2) is 70.5 Å².